The molecule has 0 atom stereocenters. The molecule has 0 aliphatic rings. The summed E-state index contributed by atoms with van der Waals surface area (Å²) in [6.07, 6.45) is 3.36. The molecule has 3 aromatic heterocycles. The molecule has 0 aromatic carbocycles. The molecule has 0 spiro atoms. The van der Waals surface area contributed by atoms with Gasteiger partial charge in [0.25, 0.3) is 11.9 Å². The first kappa shape index (κ1) is 21.0. The van der Waals surface area contributed by atoms with Crippen molar-refractivity contribution in [1.29, 1.82) is 0 Å². The Morgan fingerprint density at radius 1 is 1.13 bits per heavy atom. The van der Waals surface area contributed by atoms with Gasteiger partial charge in [-0.25, -0.2) is 19.3 Å². The largest absolute Gasteiger partial charge is 0.351 e. The lowest BCUT2D eigenvalue weighted by molar-refractivity contribution is 0.0948. The topological polar surface area (TPSA) is 129 Å². The smallest absolute Gasteiger partial charge is 0.321 e. The summed E-state index contributed by atoms with van der Waals surface area (Å²) < 4.78 is 1.40. The highest BCUT2D eigenvalue weighted by atomic mass is 16.2. The van der Waals surface area contributed by atoms with Gasteiger partial charge in [0.1, 0.15) is 5.69 Å². The van der Waals surface area contributed by atoms with Crippen LogP contribution in [0.4, 0.5) is 16.7 Å². The Hall–Kier alpha value is -3.76. The fourth-order valence-electron chi connectivity index (χ4n) is 2.72. The molecular formula is C19H25N9O2. The quantitative estimate of drug-likeness (QED) is 0.561. The zero-order chi connectivity index (χ0) is 21.8. The van der Waals surface area contributed by atoms with E-state index in [9.17, 15) is 9.59 Å². The van der Waals surface area contributed by atoms with Crippen LogP contribution in [0.5, 0.6) is 0 Å². The number of aromatic nitrogens is 5. The van der Waals surface area contributed by atoms with E-state index in [4.69, 9.17) is 0 Å². The summed E-state index contributed by atoms with van der Waals surface area (Å²) in [7, 11) is 3.71. The summed E-state index contributed by atoms with van der Waals surface area (Å²) >= 11 is 0. The number of hydrogen-bond acceptors (Lipinski definition) is 7. The molecule has 0 bridgehead atoms. The highest BCUT2D eigenvalue weighted by molar-refractivity contribution is 5.95. The van der Waals surface area contributed by atoms with Crippen molar-refractivity contribution in [2.75, 3.05) is 30.9 Å². The highest BCUT2D eigenvalue weighted by Crippen LogP contribution is 2.23. The normalized spacial score (nSPS) is 10.9. The van der Waals surface area contributed by atoms with Gasteiger partial charge in [-0.3, -0.25) is 10.1 Å². The lowest BCUT2D eigenvalue weighted by atomic mass is 10.1. The van der Waals surface area contributed by atoms with Crippen molar-refractivity contribution in [2.45, 2.75) is 26.8 Å². The third-order valence-electron chi connectivity index (χ3n) is 4.02. The molecular weight excluding hydrogens is 386 g/mol. The molecule has 3 aromatic rings. The fraction of sp³-hybridized carbons (Fsp3) is 0.368. The minimum absolute atomic E-state index is 0.0373. The van der Waals surface area contributed by atoms with Crippen LogP contribution in [0.3, 0.4) is 0 Å². The molecule has 30 heavy (non-hydrogen) atoms. The Kier molecular flexibility index (Phi) is 6.09. The van der Waals surface area contributed by atoms with E-state index in [0.717, 1.165) is 5.56 Å². The lowest BCUT2D eigenvalue weighted by Crippen LogP contribution is -2.34. The Morgan fingerprint density at radius 3 is 2.43 bits per heavy atom. The molecule has 0 aliphatic heterocycles. The Morgan fingerprint density at radius 2 is 1.83 bits per heavy atom. The van der Waals surface area contributed by atoms with Crippen molar-refractivity contribution in [3.05, 3.63) is 30.2 Å². The van der Waals surface area contributed by atoms with Crippen molar-refractivity contribution in [3.63, 3.8) is 0 Å². The molecule has 3 amide bonds. The first-order valence-electron chi connectivity index (χ1n) is 9.54. The molecule has 0 saturated carbocycles. The molecule has 158 valence electrons. The lowest BCUT2D eigenvalue weighted by Gasteiger charge is -2.11. The number of fused-ring (bicyclic) bond motifs is 1. The third-order valence-corrected chi connectivity index (χ3v) is 4.02. The standard InChI is InChI=1S/C19H25N9O2/c1-6-20-16(29)14-7-12(13-9-21-18(22-10-13)27(4)5)8-15-24-17(26-28(14)15)25-19(30)23-11(2)3/h7-11H,6H2,1-5H3,(H,20,29)(H2,23,25,26,30). The van der Waals surface area contributed by atoms with Crippen LogP contribution in [0.2, 0.25) is 0 Å². The second kappa shape index (κ2) is 8.72. The summed E-state index contributed by atoms with van der Waals surface area (Å²) in [5.41, 5.74) is 2.12. The monoisotopic (exact) mass is 411 g/mol. The molecule has 11 heteroatoms. The van der Waals surface area contributed by atoms with Gasteiger partial charge in [-0.2, -0.15) is 4.98 Å². The number of rotatable bonds is 6. The summed E-state index contributed by atoms with van der Waals surface area (Å²) in [6, 6.07) is 2.99. The van der Waals surface area contributed by atoms with Gasteiger partial charge in [0.05, 0.1) is 0 Å². The number of anilines is 2. The summed E-state index contributed by atoms with van der Waals surface area (Å²) in [6.45, 7) is 5.98. The maximum atomic E-state index is 12.6. The number of carbonyl (C=O) groups is 2. The van der Waals surface area contributed by atoms with Crippen molar-refractivity contribution in [1.82, 2.24) is 35.2 Å². The minimum atomic E-state index is -0.423. The van der Waals surface area contributed by atoms with Crippen LogP contribution in [0, 0.1) is 0 Å². The molecule has 0 saturated heterocycles. The number of nitrogens with one attached hydrogen (secondary N) is 3. The van der Waals surface area contributed by atoms with Crippen molar-refractivity contribution in [3.8, 4) is 11.1 Å². The number of hydrogen-bond donors (Lipinski definition) is 3. The highest BCUT2D eigenvalue weighted by Gasteiger charge is 2.17. The van der Waals surface area contributed by atoms with Crippen molar-refractivity contribution < 1.29 is 9.59 Å². The molecule has 0 aliphatic carbocycles. The van der Waals surface area contributed by atoms with Gasteiger partial charge in [-0.05, 0) is 38.5 Å². The molecule has 3 heterocycles. The van der Waals surface area contributed by atoms with Gasteiger partial charge in [0.2, 0.25) is 5.95 Å². The van der Waals surface area contributed by atoms with Gasteiger partial charge in [0.15, 0.2) is 5.65 Å². The molecule has 0 fully saturated rings. The minimum Gasteiger partial charge on any atom is -0.351 e. The Bertz CT molecular complexity index is 1060. The van der Waals surface area contributed by atoms with E-state index in [1.807, 2.05) is 34.9 Å². The zero-order valence-corrected chi connectivity index (χ0v) is 17.6. The second-order valence-electron chi connectivity index (χ2n) is 7.11. The molecule has 11 nitrogen and oxygen atoms in total. The number of urea groups is 1. The third kappa shape index (κ3) is 4.62. The number of amides is 3. The molecule has 3 N–H and O–H groups in total. The van der Waals surface area contributed by atoms with E-state index < -0.39 is 6.03 Å². The van der Waals surface area contributed by atoms with Crippen molar-refractivity contribution in [2.24, 2.45) is 0 Å². The van der Waals surface area contributed by atoms with Gasteiger partial charge >= 0.3 is 6.03 Å². The van der Waals surface area contributed by atoms with Crippen LogP contribution >= 0.6 is 0 Å². The van der Waals surface area contributed by atoms with Crippen LogP contribution in [0.15, 0.2) is 24.5 Å². The predicted molar refractivity (Wildman–Crippen MR) is 114 cm³/mol. The van der Waals surface area contributed by atoms with E-state index in [2.05, 4.69) is 36.0 Å². The number of pyridine rings is 1. The maximum absolute atomic E-state index is 12.6. The maximum Gasteiger partial charge on any atom is 0.321 e. The first-order chi connectivity index (χ1) is 14.3. The van der Waals surface area contributed by atoms with E-state index >= 15 is 0 Å². The van der Waals surface area contributed by atoms with Crippen molar-refractivity contribution >= 4 is 29.5 Å². The molecule has 3 rings (SSSR count). The van der Waals surface area contributed by atoms with Crippen LogP contribution in [0.1, 0.15) is 31.3 Å². The average molecular weight is 411 g/mol. The SMILES string of the molecule is CCNC(=O)c1cc(-c2cnc(N(C)C)nc2)cc2nc(NC(=O)NC(C)C)nn12. The van der Waals surface area contributed by atoms with Crippen LogP contribution in [-0.2, 0) is 0 Å². The van der Waals surface area contributed by atoms with Gasteiger partial charge < -0.3 is 15.5 Å². The van der Waals surface area contributed by atoms with Gasteiger partial charge in [-0.1, -0.05) is 0 Å². The van der Waals surface area contributed by atoms with Crippen LogP contribution in [-0.4, -0.2) is 63.2 Å². The Balaban J connectivity index is 2.04. The van der Waals surface area contributed by atoms with Crippen LogP contribution in [0.25, 0.3) is 16.8 Å². The van der Waals surface area contributed by atoms with Crippen LogP contribution < -0.4 is 20.9 Å². The summed E-state index contributed by atoms with van der Waals surface area (Å²) in [4.78, 5) is 39.4. The second-order valence-corrected chi connectivity index (χ2v) is 7.11. The van der Waals surface area contributed by atoms with E-state index in [1.165, 1.54) is 4.52 Å². The Labute approximate surface area is 173 Å². The summed E-state index contributed by atoms with van der Waals surface area (Å²) in [5, 5.41) is 12.3. The molecule has 0 radical (unpaired) electrons. The van der Waals surface area contributed by atoms with E-state index in [0.29, 0.717) is 23.7 Å². The molecule has 0 unspecified atom stereocenters. The summed E-state index contributed by atoms with van der Waals surface area (Å²) in [5.74, 6) is 0.363. The van der Waals surface area contributed by atoms with E-state index in [1.54, 1.807) is 29.4 Å². The first-order valence-corrected chi connectivity index (χ1v) is 9.54. The van der Waals surface area contributed by atoms with Gasteiger partial charge in [0, 0.05) is 44.6 Å². The number of nitrogens with zero attached hydrogens (tertiary/aromatic N) is 6. The average Bonchev–Trinajstić information content (AvgIpc) is 3.08. The number of carbonyl (C=O) groups excluding carboxylic acids is 2. The van der Waals surface area contributed by atoms with E-state index in [-0.39, 0.29) is 23.6 Å². The zero-order valence-electron chi connectivity index (χ0n) is 17.6. The fourth-order valence-corrected chi connectivity index (χ4v) is 2.72. The van der Waals surface area contributed by atoms with Gasteiger partial charge in [-0.15, -0.1) is 5.10 Å². The predicted octanol–water partition coefficient (Wildman–Crippen LogP) is 1.53.